The van der Waals surface area contributed by atoms with E-state index in [2.05, 4.69) is 5.32 Å². The summed E-state index contributed by atoms with van der Waals surface area (Å²) in [5.41, 5.74) is -0.585. The number of benzene rings is 1. The Labute approximate surface area is 116 Å². The molecule has 114 valence electrons. The first-order valence-corrected chi connectivity index (χ1v) is 6.21. The molecule has 0 saturated heterocycles. The first-order valence-electron chi connectivity index (χ1n) is 6.21. The molecule has 0 aliphatic carbocycles. The summed E-state index contributed by atoms with van der Waals surface area (Å²) in [6, 6.07) is 3.85. The van der Waals surface area contributed by atoms with Crippen molar-refractivity contribution in [2.24, 2.45) is 0 Å². The lowest BCUT2D eigenvalue weighted by atomic mass is 9.98. The van der Waals surface area contributed by atoms with Crippen LogP contribution in [0.15, 0.2) is 24.3 Å². The quantitative estimate of drug-likeness (QED) is 0.896. The molecule has 0 amide bonds. The summed E-state index contributed by atoms with van der Waals surface area (Å²) >= 11 is 0. The maximum absolute atomic E-state index is 13.1. The van der Waals surface area contributed by atoms with Gasteiger partial charge in [0.05, 0.1) is 7.11 Å². The molecule has 2 unspecified atom stereocenters. The van der Waals surface area contributed by atoms with E-state index in [1.165, 1.54) is 31.4 Å². The fraction of sp³-hybridized carbons (Fsp3) is 0.571. The van der Waals surface area contributed by atoms with Crippen LogP contribution in [0.5, 0.6) is 5.75 Å². The number of ether oxygens (including phenoxy) is 1. The van der Waals surface area contributed by atoms with E-state index < -0.39 is 23.9 Å². The SMILES string of the molecule is COc1ccc(C(O)C(NC(C)(C)C)C(F)(F)F)cc1. The second-order valence-electron chi connectivity index (χ2n) is 5.63. The predicted octanol–water partition coefficient (Wildman–Crippen LogP) is 3.05. The Hall–Kier alpha value is -1.27. The molecule has 1 aromatic carbocycles. The van der Waals surface area contributed by atoms with Crippen LogP contribution in [0.2, 0.25) is 0 Å². The summed E-state index contributed by atoms with van der Waals surface area (Å²) in [5.74, 6) is 0.522. The topological polar surface area (TPSA) is 41.5 Å². The van der Waals surface area contributed by atoms with Crippen LogP contribution in [-0.2, 0) is 0 Å². The standard InChI is InChI=1S/C14H20F3NO2/c1-13(2,3)18-12(14(15,16)17)11(19)9-5-7-10(20-4)8-6-9/h5-8,11-12,18-19H,1-4H3. The summed E-state index contributed by atoms with van der Waals surface area (Å²) in [6.45, 7) is 4.85. The van der Waals surface area contributed by atoms with Crippen molar-refractivity contribution in [2.75, 3.05) is 7.11 Å². The fourth-order valence-electron chi connectivity index (χ4n) is 1.80. The van der Waals surface area contributed by atoms with Gasteiger partial charge in [-0.3, -0.25) is 5.32 Å². The van der Waals surface area contributed by atoms with Gasteiger partial charge in [-0.25, -0.2) is 0 Å². The van der Waals surface area contributed by atoms with Crippen LogP contribution >= 0.6 is 0 Å². The molecule has 0 aromatic heterocycles. The third-order valence-electron chi connectivity index (χ3n) is 2.71. The number of aliphatic hydroxyl groups is 1. The van der Waals surface area contributed by atoms with Crippen LogP contribution in [0, 0.1) is 0 Å². The number of hydrogen-bond donors (Lipinski definition) is 2. The molecule has 20 heavy (non-hydrogen) atoms. The normalized spacial score (nSPS) is 15.8. The molecule has 1 rings (SSSR count). The monoisotopic (exact) mass is 291 g/mol. The molecule has 0 saturated carbocycles. The van der Waals surface area contributed by atoms with Crippen molar-refractivity contribution in [3.05, 3.63) is 29.8 Å². The minimum atomic E-state index is -4.55. The first kappa shape index (κ1) is 16.8. The molecule has 2 atom stereocenters. The molecule has 2 N–H and O–H groups in total. The molecule has 0 radical (unpaired) electrons. The lowest BCUT2D eigenvalue weighted by molar-refractivity contribution is -0.183. The number of alkyl halides is 3. The molecule has 3 nitrogen and oxygen atoms in total. The molecular weight excluding hydrogens is 271 g/mol. The summed E-state index contributed by atoms with van der Waals surface area (Å²) < 4.78 is 44.2. The van der Waals surface area contributed by atoms with Crippen LogP contribution < -0.4 is 10.1 Å². The van der Waals surface area contributed by atoms with Gasteiger partial charge < -0.3 is 9.84 Å². The van der Waals surface area contributed by atoms with Crippen molar-refractivity contribution in [1.29, 1.82) is 0 Å². The largest absolute Gasteiger partial charge is 0.497 e. The van der Waals surface area contributed by atoms with Gasteiger partial charge >= 0.3 is 6.18 Å². The Morgan fingerprint density at radius 3 is 1.95 bits per heavy atom. The third kappa shape index (κ3) is 4.68. The minimum Gasteiger partial charge on any atom is -0.497 e. The smallest absolute Gasteiger partial charge is 0.406 e. The second kappa shape index (κ2) is 6.01. The van der Waals surface area contributed by atoms with E-state index in [1.807, 2.05) is 0 Å². The van der Waals surface area contributed by atoms with Crippen molar-refractivity contribution in [2.45, 2.75) is 44.6 Å². The van der Waals surface area contributed by atoms with Gasteiger partial charge in [0, 0.05) is 5.54 Å². The number of aliphatic hydroxyl groups excluding tert-OH is 1. The molecule has 1 aromatic rings. The van der Waals surface area contributed by atoms with Gasteiger partial charge in [0.1, 0.15) is 17.9 Å². The number of hydrogen-bond acceptors (Lipinski definition) is 3. The van der Waals surface area contributed by atoms with Crippen LogP contribution in [0.3, 0.4) is 0 Å². The number of rotatable bonds is 4. The van der Waals surface area contributed by atoms with Crippen molar-refractivity contribution in [3.63, 3.8) is 0 Å². The van der Waals surface area contributed by atoms with Gasteiger partial charge in [0.2, 0.25) is 0 Å². The van der Waals surface area contributed by atoms with E-state index in [9.17, 15) is 18.3 Å². The molecule has 0 heterocycles. The van der Waals surface area contributed by atoms with Gasteiger partial charge in [0.15, 0.2) is 0 Å². The molecule has 0 aliphatic rings. The Morgan fingerprint density at radius 1 is 1.10 bits per heavy atom. The van der Waals surface area contributed by atoms with E-state index in [0.717, 1.165) is 0 Å². The Morgan fingerprint density at radius 2 is 1.60 bits per heavy atom. The minimum absolute atomic E-state index is 0.185. The van der Waals surface area contributed by atoms with E-state index in [0.29, 0.717) is 5.75 Å². The lowest BCUT2D eigenvalue weighted by Gasteiger charge is -2.33. The molecule has 0 aliphatic heterocycles. The van der Waals surface area contributed by atoms with E-state index in [1.54, 1.807) is 20.8 Å². The van der Waals surface area contributed by atoms with Crippen molar-refractivity contribution < 1.29 is 23.0 Å². The molecule has 0 fully saturated rings. The van der Waals surface area contributed by atoms with Crippen LogP contribution in [0.1, 0.15) is 32.4 Å². The van der Waals surface area contributed by atoms with Gasteiger partial charge in [-0.15, -0.1) is 0 Å². The van der Waals surface area contributed by atoms with Crippen LogP contribution in [0.25, 0.3) is 0 Å². The molecule has 0 spiro atoms. The average molecular weight is 291 g/mol. The van der Waals surface area contributed by atoms with Gasteiger partial charge in [0.25, 0.3) is 0 Å². The fourth-order valence-corrected chi connectivity index (χ4v) is 1.80. The highest BCUT2D eigenvalue weighted by Crippen LogP contribution is 2.32. The lowest BCUT2D eigenvalue weighted by Crippen LogP contribution is -2.54. The molecular formula is C14H20F3NO2. The van der Waals surface area contributed by atoms with Crippen molar-refractivity contribution in [3.8, 4) is 5.75 Å². The number of methoxy groups -OCH3 is 1. The van der Waals surface area contributed by atoms with Gasteiger partial charge in [-0.05, 0) is 38.5 Å². The number of halogens is 3. The van der Waals surface area contributed by atoms with Crippen molar-refractivity contribution in [1.82, 2.24) is 5.32 Å². The summed E-state index contributed by atoms with van der Waals surface area (Å²) in [4.78, 5) is 0. The van der Waals surface area contributed by atoms with E-state index in [4.69, 9.17) is 4.74 Å². The van der Waals surface area contributed by atoms with Gasteiger partial charge in [-0.2, -0.15) is 13.2 Å². The van der Waals surface area contributed by atoms with Crippen LogP contribution in [-0.4, -0.2) is 30.0 Å². The zero-order valence-corrected chi connectivity index (χ0v) is 12.0. The zero-order chi connectivity index (χ0) is 15.6. The average Bonchev–Trinajstić information content (AvgIpc) is 2.33. The van der Waals surface area contributed by atoms with Crippen molar-refractivity contribution >= 4 is 0 Å². The highest BCUT2D eigenvalue weighted by atomic mass is 19.4. The predicted molar refractivity (Wildman–Crippen MR) is 70.7 cm³/mol. The van der Waals surface area contributed by atoms with Crippen LogP contribution in [0.4, 0.5) is 13.2 Å². The maximum atomic E-state index is 13.1. The highest BCUT2D eigenvalue weighted by molar-refractivity contribution is 5.29. The summed E-state index contributed by atoms with van der Waals surface area (Å²) in [7, 11) is 1.46. The second-order valence-corrected chi connectivity index (χ2v) is 5.63. The summed E-state index contributed by atoms with van der Waals surface area (Å²) in [5, 5.41) is 12.4. The highest BCUT2D eigenvalue weighted by Gasteiger charge is 2.46. The first-order chi connectivity index (χ1) is 9.04. The third-order valence-corrected chi connectivity index (χ3v) is 2.71. The van der Waals surface area contributed by atoms with Gasteiger partial charge in [-0.1, -0.05) is 12.1 Å². The Kier molecular flexibility index (Phi) is 5.05. The molecule has 6 heteroatoms. The maximum Gasteiger partial charge on any atom is 0.406 e. The van der Waals surface area contributed by atoms with E-state index in [-0.39, 0.29) is 5.56 Å². The Bertz CT molecular complexity index is 424. The zero-order valence-electron chi connectivity index (χ0n) is 12.0. The van der Waals surface area contributed by atoms with E-state index >= 15 is 0 Å². The summed E-state index contributed by atoms with van der Waals surface area (Å²) in [6.07, 6.45) is -6.23. The molecule has 0 bridgehead atoms. The Balaban J connectivity index is 3.00. The number of nitrogens with one attached hydrogen (secondary N) is 1.